The van der Waals surface area contributed by atoms with Crippen LogP contribution in [0.15, 0.2) is 23.2 Å². The van der Waals surface area contributed by atoms with Crippen molar-refractivity contribution in [2.75, 3.05) is 11.9 Å². The van der Waals surface area contributed by atoms with E-state index in [1.54, 1.807) is 6.34 Å². The smallest absolute Gasteiger partial charge is 0.125 e. The summed E-state index contributed by atoms with van der Waals surface area (Å²) in [6.07, 6.45) is 3.72. The van der Waals surface area contributed by atoms with E-state index in [2.05, 4.69) is 44.0 Å². The van der Waals surface area contributed by atoms with Gasteiger partial charge in [-0.15, -0.1) is 0 Å². The van der Waals surface area contributed by atoms with Crippen LogP contribution < -0.4 is 4.90 Å². The van der Waals surface area contributed by atoms with Gasteiger partial charge in [0.05, 0.1) is 6.34 Å². The number of anilines is 1. The number of benzene rings is 1. The minimum atomic E-state index is 0.215. The van der Waals surface area contributed by atoms with Gasteiger partial charge >= 0.3 is 0 Å². The van der Waals surface area contributed by atoms with Crippen LogP contribution in [0.4, 0.5) is 5.69 Å². The van der Waals surface area contributed by atoms with Gasteiger partial charge in [0.25, 0.3) is 0 Å². The van der Waals surface area contributed by atoms with Crippen molar-refractivity contribution in [1.82, 2.24) is 0 Å². The summed E-state index contributed by atoms with van der Waals surface area (Å²) in [5.41, 5.74) is 3.69. The fourth-order valence-electron chi connectivity index (χ4n) is 1.79. The molecule has 1 unspecified atom stereocenters. The Labute approximate surface area is 116 Å². The highest BCUT2D eigenvalue weighted by atomic mass is 15.1. The van der Waals surface area contributed by atoms with Gasteiger partial charge in [0.2, 0.25) is 0 Å². The lowest BCUT2D eigenvalue weighted by atomic mass is 10.1. The minimum absolute atomic E-state index is 0.215. The molecule has 1 N–H and O–H groups in total. The Kier molecular flexibility index (Phi) is 5.74. The molecule has 104 valence electrons. The molecule has 1 aromatic carbocycles. The number of hydrogen-bond acceptors (Lipinski definition) is 1. The summed E-state index contributed by atoms with van der Waals surface area (Å²) in [5.74, 6) is 0.659. The molecular formula is C16H25N3. The van der Waals surface area contributed by atoms with Crippen molar-refractivity contribution >= 4 is 17.9 Å². The van der Waals surface area contributed by atoms with Crippen molar-refractivity contribution < 1.29 is 0 Å². The number of aryl methyl sites for hydroxylation is 2. The molecule has 0 aliphatic heterocycles. The maximum absolute atomic E-state index is 7.86. The molecule has 1 atom stereocenters. The van der Waals surface area contributed by atoms with Crippen molar-refractivity contribution in [1.29, 1.82) is 5.41 Å². The molecule has 0 fully saturated rings. The summed E-state index contributed by atoms with van der Waals surface area (Å²) in [4.78, 5) is 6.24. The maximum Gasteiger partial charge on any atom is 0.125 e. The highest BCUT2D eigenvalue weighted by Gasteiger charge is 2.06. The van der Waals surface area contributed by atoms with Gasteiger partial charge in [-0.1, -0.05) is 32.9 Å². The predicted molar refractivity (Wildman–Crippen MR) is 84.6 cm³/mol. The third-order valence-electron chi connectivity index (χ3n) is 3.51. The number of amidine groups is 1. The molecule has 0 aliphatic carbocycles. The van der Waals surface area contributed by atoms with E-state index in [1.165, 1.54) is 11.1 Å². The third-order valence-corrected chi connectivity index (χ3v) is 3.51. The Balaban J connectivity index is 2.86. The molecule has 0 aliphatic rings. The number of nitrogens with zero attached hydrogens (tertiary/aromatic N) is 2. The van der Waals surface area contributed by atoms with Crippen LogP contribution in [0.25, 0.3) is 0 Å². The minimum Gasteiger partial charge on any atom is -0.335 e. The predicted octanol–water partition coefficient (Wildman–Crippen LogP) is 4.05. The fraction of sp³-hybridized carbons (Fsp3) is 0.500. The summed E-state index contributed by atoms with van der Waals surface area (Å²) in [7, 11) is 1.98. The molecule has 0 amide bonds. The summed E-state index contributed by atoms with van der Waals surface area (Å²) in [6.45, 7) is 8.36. The van der Waals surface area contributed by atoms with Crippen molar-refractivity contribution in [2.45, 2.75) is 40.5 Å². The second-order valence-electron chi connectivity index (χ2n) is 5.02. The molecule has 0 bridgehead atoms. The first-order valence-corrected chi connectivity index (χ1v) is 6.94. The molecule has 3 heteroatoms. The number of hydrogen-bond donors (Lipinski definition) is 1. The summed E-state index contributed by atoms with van der Waals surface area (Å²) in [5, 5.41) is 7.86. The van der Waals surface area contributed by atoms with Gasteiger partial charge in [-0.05, 0) is 37.0 Å². The first kappa shape index (κ1) is 15.4. The Morgan fingerprint density at radius 3 is 2.68 bits per heavy atom. The van der Waals surface area contributed by atoms with Crippen molar-refractivity contribution in [3.8, 4) is 0 Å². The van der Waals surface area contributed by atoms with Crippen LogP contribution in [0.1, 0.15) is 38.3 Å². The Morgan fingerprint density at radius 1 is 1.42 bits per heavy atom. The maximum atomic E-state index is 7.86. The molecule has 0 spiro atoms. The van der Waals surface area contributed by atoms with E-state index in [0.717, 1.165) is 18.5 Å². The van der Waals surface area contributed by atoms with Crippen LogP contribution in [0.3, 0.4) is 0 Å². The molecular weight excluding hydrogens is 234 g/mol. The SMILES string of the molecule is CCc1ccc(C)c(N(C)C=NC(=N)C(C)CC)c1. The highest BCUT2D eigenvalue weighted by Crippen LogP contribution is 2.20. The molecule has 0 aromatic heterocycles. The van der Waals surface area contributed by atoms with Crippen LogP contribution in [0.2, 0.25) is 0 Å². The van der Waals surface area contributed by atoms with E-state index in [4.69, 9.17) is 5.41 Å². The molecule has 0 heterocycles. The average Bonchev–Trinajstić information content (AvgIpc) is 2.43. The van der Waals surface area contributed by atoms with Crippen LogP contribution >= 0.6 is 0 Å². The molecule has 0 saturated heterocycles. The third kappa shape index (κ3) is 4.19. The molecule has 19 heavy (non-hydrogen) atoms. The zero-order valence-electron chi connectivity index (χ0n) is 12.7. The van der Waals surface area contributed by atoms with Gasteiger partial charge in [-0.2, -0.15) is 0 Å². The van der Waals surface area contributed by atoms with E-state index in [-0.39, 0.29) is 5.92 Å². The van der Waals surface area contributed by atoms with Crippen LogP contribution in [0.5, 0.6) is 0 Å². The Bertz CT molecular complexity index is 463. The first-order chi connectivity index (χ1) is 8.99. The molecule has 0 saturated carbocycles. The lowest BCUT2D eigenvalue weighted by Gasteiger charge is -2.17. The van der Waals surface area contributed by atoms with Crippen molar-refractivity contribution in [3.05, 3.63) is 29.3 Å². The number of nitrogens with one attached hydrogen (secondary N) is 1. The monoisotopic (exact) mass is 259 g/mol. The Morgan fingerprint density at radius 2 is 2.11 bits per heavy atom. The molecule has 1 rings (SSSR count). The number of rotatable bonds is 5. The first-order valence-electron chi connectivity index (χ1n) is 6.94. The summed E-state index contributed by atoms with van der Waals surface area (Å²) in [6, 6.07) is 6.48. The molecule has 0 radical (unpaired) electrons. The van der Waals surface area contributed by atoms with E-state index in [9.17, 15) is 0 Å². The van der Waals surface area contributed by atoms with Gasteiger partial charge < -0.3 is 4.90 Å². The topological polar surface area (TPSA) is 39.5 Å². The second kappa shape index (κ2) is 7.07. The van der Waals surface area contributed by atoms with Crippen LogP contribution in [-0.2, 0) is 6.42 Å². The van der Waals surface area contributed by atoms with Crippen molar-refractivity contribution in [3.63, 3.8) is 0 Å². The van der Waals surface area contributed by atoms with E-state index in [1.807, 2.05) is 18.9 Å². The lowest BCUT2D eigenvalue weighted by Crippen LogP contribution is -2.18. The molecule has 3 nitrogen and oxygen atoms in total. The van der Waals surface area contributed by atoms with Gasteiger partial charge in [0, 0.05) is 18.7 Å². The molecule has 1 aromatic rings. The van der Waals surface area contributed by atoms with Crippen LogP contribution in [0, 0.1) is 18.3 Å². The largest absolute Gasteiger partial charge is 0.335 e. The van der Waals surface area contributed by atoms with E-state index >= 15 is 0 Å². The normalized spacial score (nSPS) is 12.7. The van der Waals surface area contributed by atoms with Crippen LogP contribution in [-0.4, -0.2) is 19.2 Å². The van der Waals surface area contributed by atoms with Crippen molar-refractivity contribution in [2.24, 2.45) is 10.9 Å². The average molecular weight is 259 g/mol. The standard InChI is InChI=1S/C16H25N3/c1-6-12(3)16(17)18-11-19(5)15-10-14(7-2)9-8-13(15)4/h8-12,17H,6-7H2,1-5H3. The lowest BCUT2D eigenvalue weighted by molar-refractivity contribution is 0.728. The van der Waals surface area contributed by atoms with E-state index in [0.29, 0.717) is 5.84 Å². The van der Waals surface area contributed by atoms with Gasteiger partial charge in [-0.3, -0.25) is 5.41 Å². The number of aliphatic imine (C=N–C) groups is 1. The van der Waals surface area contributed by atoms with Gasteiger partial charge in [0.15, 0.2) is 0 Å². The highest BCUT2D eigenvalue weighted by molar-refractivity contribution is 5.93. The Hall–Kier alpha value is -1.64. The van der Waals surface area contributed by atoms with Gasteiger partial charge in [0.1, 0.15) is 5.84 Å². The van der Waals surface area contributed by atoms with Gasteiger partial charge in [-0.25, -0.2) is 4.99 Å². The summed E-state index contributed by atoms with van der Waals surface area (Å²) < 4.78 is 0. The zero-order chi connectivity index (χ0) is 14.4. The second-order valence-corrected chi connectivity index (χ2v) is 5.02. The summed E-state index contributed by atoms with van der Waals surface area (Å²) >= 11 is 0. The quantitative estimate of drug-likeness (QED) is 0.629. The van der Waals surface area contributed by atoms with E-state index < -0.39 is 0 Å². The zero-order valence-corrected chi connectivity index (χ0v) is 12.7. The fourth-order valence-corrected chi connectivity index (χ4v) is 1.79.